The lowest BCUT2D eigenvalue weighted by Gasteiger charge is -2.29. The predicted octanol–water partition coefficient (Wildman–Crippen LogP) is 0.888. The van der Waals surface area contributed by atoms with Gasteiger partial charge in [0, 0.05) is 33.3 Å². The molecule has 2 heterocycles. The monoisotopic (exact) mass is 300 g/mol. The van der Waals surface area contributed by atoms with Gasteiger partial charge in [-0.05, 0) is 12.1 Å². The molecule has 6 nitrogen and oxygen atoms in total. The van der Waals surface area contributed by atoms with Crippen LogP contribution in [-0.2, 0) is 9.53 Å². The number of piperazine rings is 1. The largest absolute Gasteiger partial charge is 0.384 e. The van der Waals surface area contributed by atoms with Crippen LogP contribution >= 0.6 is 12.4 Å². The lowest BCUT2D eigenvalue weighted by molar-refractivity contribution is -0.117. The molecule has 1 aliphatic heterocycles. The normalized spacial score (nSPS) is 14.6. The topological polar surface area (TPSA) is 66.5 Å². The number of hydrogen-bond acceptors (Lipinski definition) is 5. The fourth-order valence-electron chi connectivity index (χ4n) is 1.97. The van der Waals surface area contributed by atoms with Crippen LogP contribution in [0.3, 0.4) is 0 Å². The molecule has 2 N–H and O–H groups in total. The number of halogens is 1. The molecule has 0 unspecified atom stereocenters. The summed E-state index contributed by atoms with van der Waals surface area (Å²) in [5.41, 5.74) is 1.09. The van der Waals surface area contributed by atoms with Gasteiger partial charge in [0.05, 0.1) is 24.9 Å². The lowest BCUT2D eigenvalue weighted by atomic mass is 10.3. The van der Waals surface area contributed by atoms with Crippen molar-refractivity contribution in [3.8, 4) is 0 Å². The number of carbonyl (C=O) groups excluding carboxylic acids is 1. The molecule has 20 heavy (non-hydrogen) atoms. The molecule has 0 bridgehead atoms. The van der Waals surface area contributed by atoms with E-state index < -0.39 is 0 Å². The Morgan fingerprint density at radius 2 is 2.20 bits per heavy atom. The number of aromatic nitrogens is 1. The van der Waals surface area contributed by atoms with E-state index in [9.17, 15) is 4.79 Å². The van der Waals surface area contributed by atoms with E-state index in [1.165, 1.54) is 0 Å². The summed E-state index contributed by atoms with van der Waals surface area (Å²) in [7, 11) is 1.58. The van der Waals surface area contributed by atoms with Crippen molar-refractivity contribution in [3.63, 3.8) is 0 Å². The zero-order valence-electron chi connectivity index (χ0n) is 11.6. The van der Waals surface area contributed by atoms with Gasteiger partial charge in [0.15, 0.2) is 0 Å². The number of rotatable bonds is 5. The summed E-state index contributed by atoms with van der Waals surface area (Å²) in [6.07, 6.45) is 2.15. The number of carbonyl (C=O) groups is 1. The number of nitrogens with zero attached hydrogens (tertiary/aromatic N) is 2. The molecule has 0 radical (unpaired) electrons. The highest BCUT2D eigenvalue weighted by atomic mass is 35.5. The van der Waals surface area contributed by atoms with Gasteiger partial charge in [-0.3, -0.25) is 4.79 Å². The molecule has 1 aliphatic rings. The molecule has 7 heteroatoms. The van der Waals surface area contributed by atoms with E-state index in [2.05, 4.69) is 20.5 Å². The molecule has 0 atom stereocenters. The van der Waals surface area contributed by atoms with Crippen LogP contribution < -0.4 is 15.5 Å². The molecule has 1 aromatic heterocycles. The molecule has 0 saturated carbocycles. The van der Waals surface area contributed by atoms with Crippen molar-refractivity contribution < 1.29 is 9.53 Å². The van der Waals surface area contributed by atoms with Gasteiger partial charge in [-0.15, -0.1) is 12.4 Å². The fourth-order valence-corrected chi connectivity index (χ4v) is 1.97. The van der Waals surface area contributed by atoms with E-state index in [0.29, 0.717) is 18.8 Å². The summed E-state index contributed by atoms with van der Waals surface area (Å²) in [4.78, 5) is 18.1. The minimum atomic E-state index is -0.0794. The minimum Gasteiger partial charge on any atom is -0.384 e. The van der Waals surface area contributed by atoms with Crippen LogP contribution in [0, 0.1) is 0 Å². The van der Waals surface area contributed by atoms with Crippen LogP contribution in [0.25, 0.3) is 0 Å². The minimum absolute atomic E-state index is 0. The van der Waals surface area contributed by atoms with Gasteiger partial charge in [-0.25, -0.2) is 4.98 Å². The Balaban J connectivity index is 0.00000200. The Kier molecular flexibility index (Phi) is 7.28. The molecule has 1 fully saturated rings. The van der Waals surface area contributed by atoms with Gasteiger partial charge >= 0.3 is 0 Å². The van der Waals surface area contributed by atoms with Crippen molar-refractivity contribution in [3.05, 3.63) is 18.3 Å². The number of ether oxygens (including phenoxy) is 1. The third kappa shape index (κ3) is 4.96. The maximum atomic E-state index is 11.5. The molecule has 0 spiro atoms. The molecule has 1 saturated heterocycles. The molecule has 1 aromatic rings. The summed E-state index contributed by atoms with van der Waals surface area (Å²) >= 11 is 0. The first-order valence-electron chi connectivity index (χ1n) is 6.50. The third-order valence-corrected chi connectivity index (χ3v) is 3.03. The van der Waals surface area contributed by atoms with Crippen molar-refractivity contribution >= 4 is 29.8 Å². The number of amides is 1. The Morgan fingerprint density at radius 3 is 2.80 bits per heavy atom. The van der Waals surface area contributed by atoms with Crippen molar-refractivity contribution in [1.82, 2.24) is 10.3 Å². The molecule has 0 aliphatic carbocycles. The first kappa shape index (κ1) is 16.7. The van der Waals surface area contributed by atoms with Crippen LogP contribution in [0.15, 0.2) is 18.3 Å². The summed E-state index contributed by atoms with van der Waals surface area (Å²) in [6.45, 7) is 4.39. The summed E-state index contributed by atoms with van der Waals surface area (Å²) in [5.74, 6) is 0.504. The van der Waals surface area contributed by atoms with E-state index in [-0.39, 0.29) is 18.3 Å². The maximum Gasteiger partial charge on any atom is 0.227 e. The highest BCUT2D eigenvalue weighted by Crippen LogP contribution is 2.15. The highest BCUT2D eigenvalue weighted by Gasteiger charge is 2.10. The van der Waals surface area contributed by atoms with Crippen LogP contribution in [0.5, 0.6) is 0 Å². The predicted molar refractivity (Wildman–Crippen MR) is 81.7 cm³/mol. The number of anilines is 2. The van der Waals surface area contributed by atoms with Crippen LogP contribution in [0.1, 0.15) is 6.42 Å². The highest BCUT2D eigenvalue weighted by molar-refractivity contribution is 5.89. The zero-order valence-corrected chi connectivity index (χ0v) is 12.4. The molecular weight excluding hydrogens is 280 g/mol. The summed E-state index contributed by atoms with van der Waals surface area (Å²) in [5, 5.41) is 6.06. The molecule has 1 amide bonds. The van der Waals surface area contributed by atoms with Gasteiger partial charge in [0.25, 0.3) is 0 Å². The maximum absolute atomic E-state index is 11.5. The Hall–Kier alpha value is -1.37. The van der Waals surface area contributed by atoms with E-state index in [4.69, 9.17) is 4.74 Å². The van der Waals surface area contributed by atoms with Gasteiger partial charge in [-0.2, -0.15) is 0 Å². The quantitative estimate of drug-likeness (QED) is 0.845. The van der Waals surface area contributed by atoms with Gasteiger partial charge in [-0.1, -0.05) is 0 Å². The van der Waals surface area contributed by atoms with Crippen LogP contribution in [-0.4, -0.2) is 50.8 Å². The van der Waals surface area contributed by atoms with Gasteiger partial charge in [0.2, 0.25) is 5.91 Å². The second-order valence-corrected chi connectivity index (χ2v) is 4.43. The van der Waals surface area contributed by atoms with Gasteiger partial charge in [0.1, 0.15) is 5.82 Å². The third-order valence-electron chi connectivity index (χ3n) is 3.03. The van der Waals surface area contributed by atoms with E-state index >= 15 is 0 Å². The average molecular weight is 301 g/mol. The van der Waals surface area contributed by atoms with Crippen molar-refractivity contribution in [2.45, 2.75) is 6.42 Å². The molecular formula is C13H21ClN4O2. The standard InChI is InChI=1S/C13H20N4O2.ClH/c1-19-9-4-13(18)16-12-3-2-11(10-15-12)17-7-5-14-6-8-17;/h2-3,10,14H,4-9H2,1H3,(H,15,16,18);1H. The average Bonchev–Trinajstić information content (AvgIpc) is 2.47. The van der Waals surface area contributed by atoms with Crippen LogP contribution in [0.2, 0.25) is 0 Å². The molecule has 0 aromatic carbocycles. The zero-order chi connectivity index (χ0) is 13.5. The van der Waals surface area contributed by atoms with E-state index in [1.54, 1.807) is 13.3 Å². The van der Waals surface area contributed by atoms with E-state index in [0.717, 1.165) is 31.9 Å². The first-order chi connectivity index (χ1) is 9.29. The lowest BCUT2D eigenvalue weighted by Crippen LogP contribution is -2.43. The Bertz CT molecular complexity index is 407. The summed E-state index contributed by atoms with van der Waals surface area (Å²) < 4.78 is 4.85. The number of pyridine rings is 1. The number of nitrogens with one attached hydrogen (secondary N) is 2. The molecule has 112 valence electrons. The van der Waals surface area contributed by atoms with Crippen molar-refractivity contribution in [2.24, 2.45) is 0 Å². The fraction of sp³-hybridized carbons (Fsp3) is 0.538. The second kappa shape index (κ2) is 8.73. The summed E-state index contributed by atoms with van der Waals surface area (Å²) in [6, 6.07) is 3.83. The van der Waals surface area contributed by atoms with Crippen molar-refractivity contribution in [1.29, 1.82) is 0 Å². The number of methoxy groups -OCH3 is 1. The smallest absolute Gasteiger partial charge is 0.227 e. The van der Waals surface area contributed by atoms with E-state index in [1.807, 2.05) is 12.1 Å². The number of hydrogen-bond donors (Lipinski definition) is 2. The van der Waals surface area contributed by atoms with Crippen LogP contribution in [0.4, 0.5) is 11.5 Å². The van der Waals surface area contributed by atoms with Crippen molar-refractivity contribution in [2.75, 3.05) is 50.1 Å². The first-order valence-corrected chi connectivity index (χ1v) is 6.50. The SMILES string of the molecule is COCCC(=O)Nc1ccc(N2CCNCC2)cn1.Cl. The molecule has 2 rings (SSSR count). The Morgan fingerprint density at radius 1 is 1.45 bits per heavy atom. The van der Waals surface area contributed by atoms with Gasteiger partial charge < -0.3 is 20.3 Å². The Labute approximate surface area is 125 Å². The second-order valence-electron chi connectivity index (χ2n) is 4.43.